The molecule has 0 aromatic heterocycles. The minimum absolute atomic E-state index is 0.0467. The topological polar surface area (TPSA) is 50.7 Å². The first kappa shape index (κ1) is 16.7. The van der Waals surface area contributed by atoms with Crippen LogP contribution in [-0.2, 0) is 4.79 Å². The Labute approximate surface area is 137 Å². The van der Waals surface area contributed by atoms with Crippen molar-refractivity contribution >= 4 is 11.6 Å². The molecule has 4 heteroatoms. The van der Waals surface area contributed by atoms with E-state index < -0.39 is 0 Å². The lowest BCUT2D eigenvalue weighted by molar-refractivity contribution is -0.123. The van der Waals surface area contributed by atoms with Crippen molar-refractivity contribution in [2.24, 2.45) is 5.10 Å². The van der Waals surface area contributed by atoms with Crippen LogP contribution in [-0.4, -0.2) is 18.2 Å². The Morgan fingerprint density at radius 2 is 1.57 bits per heavy atom. The minimum Gasteiger partial charge on any atom is -0.484 e. The summed E-state index contributed by atoms with van der Waals surface area (Å²) in [5.74, 6) is 0.409. The summed E-state index contributed by atoms with van der Waals surface area (Å²) in [7, 11) is 0. The molecule has 1 N–H and O–H groups in total. The molecule has 0 radical (unpaired) electrons. The highest BCUT2D eigenvalue weighted by molar-refractivity contribution is 5.86. The molecule has 0 saturated heterocycles. The summed E-state index contributed by atoms with van der Waals surface area (Å²) in [5.41, 5.74) is 5.74. The fraction of sp³-hybridized carbons (Fsp3) is 0.263. The van der Waals surface area contributed by atoms with E-state index in [4.69, 9.17) is 4.74 Å². The first-order chi connectivity index (χ1) is 11.2. The lowest BCUT2D eigenvalue weighted by Gasteiger charge is -2.07. The summed E-state index contributed by atoms with van der Waals surface area (Å²) in [6.45, 7) is 3.98. The maximum absolute atomic E-state index is 11.7. The summed E-state index contributed by atoms with van der Waals surface area (Å²) in [6, 6.07) is 17.8. The minimum atomic E-state index is -0.253. The van der Waals surface area contributed by atoms with Gasteiger partial charge < -0.3 is 4.74 Å². The third-order valence-electron chi connectivity index (χ3n) is 3.49. The third-order valence-corrected chi connectivity index (χ3v) is 3.49. The second kappa shape index (κ2) is 8.73. The molecule has 0 heterocycles. The molecule has 2 aromatic carbocycles. The molecule has 2 rings (SSSR count). The van der Waals surface area contributed by atoms with Crippen molar-refractivity contribution in [2.75, 3.05) is 6.61 Å². The molecule has 0 fully saturated rings. The zero-order valence-electron chi connectivity index (χ0n) is 13.6. The van der Waals surface area contributed by atoms with E-state index in [1.165, 1.54) is 0 Å². The van der Waals surface area contributed by atoms with E-state index in [1.807, 2.05) is 56.3 Å². The first-order valence-corrected chi connectivity index (χ1v) is 7.85. The van der Waals surface area contributed by atoms with Crippen LogP contribution in [0.15, 0.2) is 59.7 Å². The molecule has 0 bridgehead atoms. The predicted molar refractivity (Wildman–Crippen MR) is 93.5 cm³/mol. The van der Waals surface area contributed by atoms with E-state index in [-0.39, 0.29) is 12.5 Å². The van der Waals surface area contributed by atoms with Gasteiger partial charge in [-0.3, -0.25) is 4.79 Å². The first-order valence-electron chi connectivity index (χ1n) is 7.85. The van der Waals surface area contributed by atoms with Crippen molar-refractivity contribution in [1.29, 1.82) is 0 Å². The van der Waals surface area contributed by atoms with Gasteiger partial charge in [-0.05, 0) is 36.1 Å². The third kappa shape index (κ3) is 5.25. The molecule has 4 nitrogen and oxygen atoms in total. The fourth-order valence-electron chi connectivity index (χ4n) is 2.10. The molecular weight excluding hydrogens is 288 g/mol. The molecule has 120 valence electrons. The van der Waals surface area contributed by atoms with Crippen LogP contribution in [0.4, 0.5) is 0 Å². The zero-order chi connectivity index (χ0) is 16.5. The summed E-state index contributed by atoms with van der Waals surface area (Å²) in [5, 5.41) is 4.06. The van der Waals surface area contributed by atoms with E-state index in [0.29, 0.717) is 5.75 Å². The predicted octanol–water partition coefficient (Wildman–Crippen LogP) is 4.02. The van der Waals surface area contributed by atoms with Gasteiger partial charge in [-0.2, -0.15) is 5.10 Å². The van der Waals surface area contributed by atoms with Gasteiger partial charge in [0.2, 0.25) is 0 Å². The van der Waals surface area contributed by atoms with Crippen LogP contribution in [0.5, 0.6) is 5.75 Å². The number of amides is 1. The molecule has 0 unspecified atom stereocenters. The van der Waals surface area contributed by atoms with Gasteiger partial charge in [-0.1, -0.05) is 56.3 Å². The molecule has 0 aliphatic carbocycles. The molecule has 23 heavy (non-hydrogen) atoms. The van der Waals surface area contributed by atoms with Crippen LogP contribution >= 0.6 is 0 Å². The SMILES string of the molecule is CCC(CC)=NNC(=O)COc1ccc(-c2ccccc2)cc1. The number of benzene rings is 2. The Morgan fingerprint density at radius 1 is 0.957 bits per heavy atom. The largest absolute Gasteiger partial charge is 0.484 e. The molecule has 0 atom stereocenters. The smallest absolute Gasteiger partial charge is 0.277 e. The van der Waals surface area contributed by atoms with Gasteiger partial charge >= 0.3 is 0 Å². The number of carbonyl (C=O) groups excluding carboxylic acids is 1. The van der Waals surface area contributed by atoms with Gasteiger partial charge in [0.1, 0.15) is 5.75 Å². The number of nitrogens with zero attached hydrogens (tertiary/aromatic N) is 1. The van der Waals surface area contributed by atoms with E-state index in [1.54, 1.807) is 0 Å². The van der Waals surface area contributed by atoms with Crippen LogP contribution in [0.25, 0.3) is 11.1 Å². The van der Waals surface area contributed by atoms with Crippen LogP contribution in [0, 0.1) is 0 Å². The lowest BCUT2D eigenvalue weighted by Crippen LogP contribution is -2.25. The quantitative estimate of drug-likeness (QED) is 0.620. The van der Waals surface area contributed by atoms with Gasteiger partial charge in [0.15, 0.2) is 6.61 Å². The molecule has 2 aromatic rings. The van der Waals surface area contributed by atoms with Crippen molar-refractivity contribution in [3.05, 3.63) is 54.6 Å². The molecule has 0 spiro atoms. The maximum Gasteiger partial charge on any atom is 0.277 e. The van der Waals surface area contributed by atoms with Crippen molar-refractivity contribution in [2.45, 2.75) is 26.7 Å². The summed E-state index contributed by atoms with van der Waals surface area (Å²) in [4.78, 5) is 11.7. The van der Waals surface area contributed by atoms with Crippen molar-refractivity contribution in [1.82, 2.24) is 5.43 Å². The maximum atomic E-state index is 11.7. The Balaban J connectivity index is 1.87. The lowest BCUT2D eigenvalue weighted by atomic mass is 10.1. The average Bonchev–Trinajstić information content (AvgIpc) is 2.62. The second-order valence-electron chi connectivity index (χ2n) is 5.10. The molecule has 0 aliphatic rings. The van der Waals surface area contributed by atoms with E-state index in [2.05, 4.69) is 22.7 Å². The number of carbonyl (C=O) groups is 1. The monoisotopic (exact) mass is 310 g/mol. The van der Waals surface area contributed by atoms with Crippen LogP contribution in [0.2, 0.25) is 0 Å². The number of hydrogen-bond donors (Lipinski definition) is 1. The van der Waals surface area contributed by atoms with Crippen LogP contribution in [0.3, 0.4) is 0 Å². The Kier molecular flexibility index (Phi) is 6.36. The van der Waals surface area contributed by atoms with E-state index in [9.17, 15) is 4.79 Å². The molecular formula is C19H22N2O2. The van der Waals surface area contributed by atoms with E-state index >= 15 is 0 Å². The van der Waals surface area contributed by atoms with Gasteiger partial charge in [0.25, 0.3) is 5.91 Å². The number of ether oxygens (including phenoxy) is 1. The number of rotatable bonds is 7. The van der Waals surface area contributed by atoms with E-state index in [0.717, 1.165) is 29.7 Å². The highest BCUT2D eigenvalue weighted by Crippen LogP contribution is 2.21. The number of hydrogen-bond acceptors (Lipinski definition) is 3. The van der Waals surface area contributed by atoms with Crippen LogP contribution in [0.1, 0.15) is 26.7 Å². The molecule has 0 aliphatic heterocycles. The highest BCUT2D eigenvalue weighted by atomic mass is 16.5. The Bertz CT molecular complexity index is 643. The molecule has 1 amide bonds. The second-order valence-corrected chi connectivity index (χ2v) is 5.10. The Morgan fingerprint density at radius 3 is 2.17 bits per heavy atom. The highest BCUT2D eigenvalue weighted by Gasteiger charge is 2.03. The summed E-state index contributed by atoms with van der Waals surface area (Å²) in [6.07, 6.45) is 1.66. The van der Waals surface area contributed by atoms with Gasteiger partial charge in [0.05, 0.1) is 0 Å². The van der Waals surface area contributed by atoms with Crippen molar-refractivity contribution in [3.8, 4) is 16.9 Å². The van der Waals surface area contributed by atoms with Gasteiger partial charge in [-0.25, -0.2) is 5.43 Å². The normalized spacial score (nSPS) is 10.0. The molecule has 0 saturated carbocycles. The van der Waals surface area contributed by atoms with Crippen molar-refractivity contribution < 1.29 is 9.53 Å². The summed E-state index contributed by atoms with van der Waals surface area (Å²) >= 11 is 0. The average molecular weight is 310 g/mol. The van der Waals surface area contributed by atoms with Crippen LogP contribution < -0.4 is 10.2 Å². The fourth-order valence-corrected chi connectivity index (χ4v) is 2.10. The summed E-state index contributed by atoms with van der Waals surface area (Å²) < 4.78 is 5.48. The van der Waals surface area contributed by atoms with Crippen molar-refractivity contribution in [3.63, 3.8) is 0 Å². The standard InChI is InChI=1S/C19H22N2O2/c1-3-17(4-2)20-21-19(22)14-23-18-12-10-16(11-13-18)15-8-6-5-7-9-15/h5-13H,3-4,14H2,1-2H3,(H,21,22). The number of hydrazone groups is 1. The van der Waals surface area contributed by atoms with Gasteiger partial charge in [-0.15, -0.1) is 0 Å². The zero-order valence-corrected chi connectivity index (χ0v) is 13.6. The van der Waals surface area contributed by atoms with Gasteiger partial charge in [0, 0.05) is 5.71 Å². The number of nitrogens with one attached hydrogen (secondary N) is 1. The Hall–Kier alpha value is -2.62.